The standard InChI is InChI=1S/C15H14BrClFN/c1-2-19-15(10-6-3-4-8-12(10)17)14-11(16)7-5-9-13(14)18/h3-9,15,19H,2H2,1H3. The molecule has 0 heterocycles. The van der Waals surface area contributed by atoms with E-state index < -0.39 is 0 Å². The molecule has 2 rings (SSSR count). The molecule has 2 aromatic rings. The number of nitrogens with one attached hydrogen (secondary N) is 1. The Balaban J connectivity index is 2.55. The second-order valence-corrected chi connectivity index (χ2v) is 5.41. The van der Waals surface area contributed by atoms with Gasteiger partial charge in [-0.1, -0.05) is 58.7 Å². The number of hydrogen-bond acceptors (Lipinski definition) is 1. The molecule has 0 bridgehead atoms. The highest BCUT2D eigenvalue weighted by Crippen LogP contribution is 2.33. The second-order valence-electron chi connectivity index (χ2n) is 4.15. The molecule has 1 N–H and O–H groups in total. The Hall–Kier alpha value is -0.900. The average molecular weight is 343 g/mol. The molecule has 0 fully saturated rings. The molecular formula is C15H14BrClFN. The van der Waals surface area contributed by atoms with Crippen molar-refractivity contribution in [2.75, 3.05) is 6.54 Å². The normalized spacial score (nSPS) is 12.4. The van der Waals surface area contributed by atoms with Crippen LogP contribution in [0.1, 0.15) is 24.1 Å². The van der Waals surface area contributed by atoms with Crippen LogP contribution in [0.15, 0.2) is 46.9 Å². The fourth-order valence-electron chi connectivity index (χ4n) is 2.07. The van der Waals surface area contributed by atoms with E-state index in [0.717, 1.165) is 16.6 Å². The minimum absolute atomic E-state index is 0.250. The van der Waals surface area contributed by atoms with Crippen LogP contribution in [0, 0.1) is 5.82 Å². The molecule has 0 saturated carbocycles. The summed E-state index contributed by atoms with van der Waals surface area (Å²) < 4.78 is 14.9. The van der Waals surface area contributed by atoms with Gasteiger partial charge < -0.3 is 5.32 Å². The molecule has 1 atom stereocenters. The van der Waals surface area contributed by atoms with Crippen molar-refractivity contribution >= 4 is 27.5 Å². The maximum atomic E-state index is 14.1. The Morgan fingerprint density at radius 3 is 2.58 bits per heavy atom. The quantitative estimate of drug-likeness (QED) is 0.830. The maximum absolute atomic E-state index is 14.1. The minimum Gasteiger partial charge on any atom is -0.306 e. The first-order valence-corrected chi connectivity index (χ1v) is 7.24. The largest absolute Gasteiger partial charge is 0.306 e. The van der Waals surface area contributed by atoms with E-state index >= 15 is 0 Å². The van der Waals surface area contributed by atoms with Crippen LogP contribution in [0.3, 0.4) is 0 Å². The van der Waals surface area contributed by atoms with Gasteiger partial charge in [-0.2, -0.15) is 0 Å². The molecule has 0 aliphatic rings. The van der Waals surface area contributed by atoms with Gasteiger partial charge in [0.15, 0.2) is 0 Å². The smallest absolute Gasteiger partial charge is 0.129 e. The number of halogens is 3. The maximum Gasteiger partial charge on any atom is 0.129 e. The van der Waals surface area contributed by atoms with Crippen LogP contribution in [-0.4, -0.2) is 6.54 Å². The summed E-state index contributed by atoms with van der Waals surface area (Å²) in [5.74, 6) is -0.250. The van der Waals surface area contributed by atoms with E-state index in [4.69, 9.17) is 11.6 Å². The zero-order valence-electron chi connectivity index (χ0n) is 10.5. The molecule has 100 valence electrons. The number of hydrogen-bond donors (Lipinski definition) is 1. The highest BCUT2D eigenvalue weighted by Gasteiger charge is 2.21. The van der Waals surface area contributed by atoms with Gasteiger partial charge in [0.05, 0.1) is 6.04 Å². The van der Waals surface area contributed by atoms with Crippen LogP contribution >= 0.6 is 27.5 Å². The van der Waals surface area contributed by atoms with E-state index in [1.165, 1.54) is 6.07 Å². The lowest BCUT2D eigenvalue weighted by Crippen LogP contribution is -2.23. The fourth-order valence-corrected chi connectivity index (χ4v) is 2.88. The second kappa shape index (κ2) is 6.51. The molecule has 0 saturated heterocycles. The van der Waals surface area contributed by atoms with E-state index in [1.54, 1.807) is 6.07 Å². The topological polar surface area (TPSA) is 12.0 Å². The van der Waals surface area contributed by atoms with Crippen LogP contribution in [0.2, 0.25) is 5.02 Å². The zero-order valence-corrected chi connectivity index (χ0v) is 12.8. The molecule has 1 nitrogen and oxygen atoms in total. The molecule has 19 heavy (non-hydrogen) atoms. The third kappa shape index (κ3) is 3.16. The van der Waals surface area contributed by atoms with E-state index in [0.29, 0.717) is 10.6 Å². The van der Waals surface area contributed by atoms with Crippen molar-refractivity contribution in [2.45, 2.75) is 13.0 Å². The Morgan fingerprint density at radius 2 is 1.95 bits per heavy atom. The van der Waals surface area contributed by atoms with Crippen LogP contribution < -0.4 is 5.32 Å². The molecule has 2 aromatic carbocycles. The van der Waals surface area contributed by atoms with Crippen molar-refractivity contribution in [2.24, 2.45) is 0 Å². The summed E-state index contributed by atoms with van der Waals surface area (Å²) >= 11 is 9.65. The summed E-state index contributed by atoms with van der Waals surface area (Å²) in [5, 5.41) is 3.91. The van der Waals surface area contributed by atoms with E-state index in [9.17, 15) is 4.39 Å². The Labute approximate surface area is 125 Å². The van der Waals surface area contributed by atoms with E-state index in [1.807, 2.05) is 37.3 Å². The number of rotatable bonds is 4. The van der Waals surface area contributed by atoms with Crippen LogP contribution in [0.5, 0.6) is 0 Å². The summed E-state index contributed by atoms with van der Waals surface area (Å²) in [6, 6.07) is 12.2. The SMILES string of the molecule is CCNC(c1ccccc1Cl)c1c(F)cccc1Br. The first kappa shape index (κ1) is 14.5. The minimum atomic E-state index is -0.269. The highest BCUT2D eigenvalue weighted by atomic mass is 79.9. The molecule has 4 heteroatoms. The summed E-state index contributed by atoms with van der Waals surface area (Å²) in [4.78, 5) is 0. The van der Waals surface area contributed by atoms with Crippen molar-refractivity contribution in [1.29, 1.82) is 0 Å². The van der Waals surface area contributed by atoms with Crippen molar-refractivity contribution in [1.82, 2.24) is 5.32 Å². The molecular weight excluding hydrogens is 329 g/mol. The lowest BCUT2D eigenvalue weighted by Gasteiger charge is -2.21. The summed E-state index contributed by atoms with van der Waals surface area (Å²) in [6.07, 6.45) is 0. The summed E-state index contributed by atoms with van der Waals surface area (Å²) in [5.41, 5.74) is 1.45. The third-order valence-electron chi connectivity index (χ3n) is 2.91. The Kier molecular flexibility index (Phi) is 4.97. The van der Waals surface area contributed by atoms with Gasteiger partial charge >= 0.3 is 0 Å². The molecule has 0 amide bonds. The van der Waals surface area contributed by atoms with E-state index in [-0.39, 0.29) is 11.9 Å². The third-order valence-corrected chi connectivity index (χ3v) is 3.95. The van der Waals surface area contributed by atoms with Gasteiger partial charge in [-0.3, -0.25) is 0 Å². The average Bonchev–Trinajstić information content (AvgIpc) is 2.38. The van der Waals surface area contributed by atoms with Crippen molar-refractivity contribution in [3.8, 4) is 0 Å². The first-order valence-electron chi connectivity index (χ1n) is 6.06. The van der Waals surface area contributed by atoms with Crippen molar-refractivity contribution in [3.63, 3.8) is 0 Å². The summed E-state index contributed by atoms with van der Waals surface area (Å²) in [6.45, 7) is 2.70. The Bertz CT molecular complexity index is 554. The van der Waals surface area contributed by atoms with Gasteiger partial charge in [0.25, 0.3) is 0 Å². The van der Waals surface area contributed by atoms with Crippen LogP contribution in [-0.2, 0) is 0 Å². The highest BCUT2D eigenvalue weighted by molar-refractivity contribution is 9.10. The first-order chi connectivity index (χ1) is 9.15. The lowest BCUT2D eigenvalue weighted by molar-refractivity contribution is 0.557. The zero-order chi connectivity index (χ0) is 13.8. The Morgan fingerprint density at radius 1 is 1.21 bits per heavy atom. The number of benzene rings is 2. The molecule has 0 aliphatic carbocycles. The predicted octanol–water partition coefficient (Wildman–Crippen LogP) is 4.94. The van der Waals surface area contributed by atoms with Gasteiger partial charge in [0, 0.05) is 15.1 Å². The van der Waals surface area contributed by atoms with Crippen LogP contribution in [0.25, 0.3) is 0 Å². The van der Waals surface area contributed by atoms with Crippen molar-refractivity contribution in [3.05, 3.63) is 68.9 Å². The van der Waals surface area contributed by atoms with Crippen molar-refractivity contribution < 1.29 is 4.39 Å². The predicted molar refractivity (Wildman–Crippen MR) is 81.1 cm³/mol. The van der Waals surface area contributed by atoms with E-state index in [2.05, 4.69) is 21.2 Å². The molecule has 0 spiro atoms. The lowest BCUT2D eigenvalue weighted by atomic mass is 9.98. The molecule has 0 aromatic heterocycles. The van der Waals surface area contributed by atoms with Gasteiger partial charge in [-0.05, 0) is 30.3 Å². The molecule has 0 aliphatic heterocycles. The fraction of sp³-hybridized carbons (Fsp3) is 0.200. The van der Waals surface area contributed by atoms with Gasteiger partial charge in [-0.15, -0.1) is 0 Å². The molecule has 0 radical (unpaired) electrons. The monoisotopic (exact) mass is 341 g/mol. The van der Waals surface area contributed by atoms with Gasteiger partial charge in [0.2, 0.25) is 0 Å². The summed E-state index contributed by atoms with van der Waals surface area (Å²) in [7, 11) is 0. The van der Waals surface area contributed by atoms with Crippen LogP contribution in [0.4, 0.5) is 4.39 Å². The van der Waals surface area contributed by atoms with Gasteiger partial charge in [-0.25, -0.2) is 4.39 Å². The molecule has 1 unspecified atom stereocenters. The van der Waals surface area contributed by atoms with Gasteiger partial charge in [0.1, 0.15) is 5.82 Å².